The summed E-state index contributed by atoms with van der Waals surface area (Å²) in [5.74, 6) is 0.232. The zero-order chi connectivity index (χ0) is 9.31. The van der Waals surface area contributed by atoms with Crippen LogP contribution in [0.15, 0.2) is 0 Å². The van der Waals surface area contributed by atoms with E-state index in [1.165, 1.54) is 0 Å². The van der Waals surface area contributed by atoms with Crippen molar-refractivity contribution in [3.05, 3.63) is 0 Å². The molecule has 0 bridgehead atoms. The highest BCUT2D eigenvalue weighted by Crippen LogP contribution is 2.35. The van der Waals surface area contributed by atoms with Crippen LogP contribution in [0.2, 0.25) is 0 Å². The fourth-order valence-electron chi connectivity index (χ4n) is 2.03. The lowest BCUT2D eigenvalue weighted by molar-refractivity contribution is -0.151. The van der Waals surface area contributed by atoms with Gasteiger partial charge in [-0.15, -0.1) is 0 Å². The Balaban J connectivity index is 1.92. The van der Waals surface area contributed by atoms with Crippen LogP contribution in [-0.4, -0.2) is 37.4 Å². The quantitative estimate of drug-likeness (QED) is 0.624. The van der Waals surface area contributed by atoms with Crippen molar-refractivity contribution in [2.45, 2.75) is 12.8 Å². The van der Waals surface area contributed by atoms with Crippen molar-refractivity contribution in [1.29, 1.82) is 0 Å². The first kappa shape index (κ1) is 8.97. The van der Waals surface area contributed by atoms with Crippen LogP contribution in [0, 0.1) is 11.3 Å². The van der Waals surface area contributed by atoms with Gasteiger partial charge in [-0.25, -0.2) is 0 Å². The molecule has 0 saturated carbocycles. The molecule has 1 atom stereocenters. The van der Waals surface area contributed by atoms with Crippen molar-refractivity contribution >= 4 is 5.91 Å². The number of nitrogens with one attached hydrogen (secondary N) is 1. The maximum Gasteiger partial charge on any atom is 0.223 e. The van der Waals surface area contributed by atoms with E-state index < -0.39 is 0 Å². The Bertz CT molecular complexity index is 207. The fourth-order valence-corrected chi connectivity index (χ4v) is 2.03. The summed E-state index contributed by atoms with van der Waals surface area (Å²) >= 11 is 0. The second kappa shape index (κ2) is 3.27. The number of ether oxygens (including phenoxy) is 1. The fraction of sp³-hybridized carbons (Fsp3) is 0.889. The van der Waals surface area contributed by atoms with E-state index in [0.29, 0.717) is 13.2 Å². The maximum absolute atomic E-state index is 11.3. The minimum atomic E-state index is -0.119. The van der Waals surface area contributed by atoms with Gasteiger partial charge in [-0.1, -0.05) is 0 Å². The molecule has 2 saturated heterocycles. The molecule has 1 unspecified atom stereocenters. The molecule has 0 aromatic heterocycles. The summed E-state index contributed by atoms with van der Waals surface area (Å²) in [5.41, 5.74) is -0.119. The first-order valence-corrected chi connectivity index (χ1v) is 4.72. The van der Waals surface area contributed by atoms with Gasteiger partial charge in [0.25, 0.3) is 0 Å². The third kappa shape index (κ3) is 1.56. The van der Waals surface area contributed by atoms with Crippen LogP contribution in [0.3, 0.4) is 0 Å². The molecule has 4 nitrogen and oxygen atoms in total. The highest BCUT2D eigenvalue weighted by atomic mass is 16.5. The molecular weight excluding hydrogens is 170 g/mol. The molecule has 1 amide bonds. The van der Waals surface area contributed by atoms with E-state index >= 15 is 0 Å². The van der Waals surface area contributed by atoms with Crippen LogP contribution in [0.1, 0.15) is 12.8 Å². The molecule has 2 heterocycles. The third-order valence-electron chi connectivity index (χ3n) is 2.99. The Morgan fingerprint density at radius 3 is 2.77 bits per heavy atom. The molecule has 2 N–H and O–H groups in total. The summed E-state index contributed by atoms with van der Waals surface area (Å²) in [6.45, 7) is 2.13. The van der Waals surface area contributed by atoms with Crippen LogP contribution in [-0.2, 0) is 9.53 Å². The van der Waals surface area contributed by atoms with Gasteiger partial charge in [-0.05, 0) is 12.8 Å². The van der Waals surface area contributed by atoms with Gasteiger partial charge in [-0.3, -0.25) is 4.79 Å². The topological polar surface area (TPSA) is 58.6 Å². The van der Waals surface area contributed by atoms with E-state index in [1.54, 1.807) is 0 Å². The van der Waals surface area contributed by atoms with Crippen molar-refractivity contribution in [3.8, 4) is 0 Å². The number of rotatable bonds is 3. The average Bonchev–Trinajstić information content (AvgIpc) is 2.44. The number of carbonyl (C=O) groups excluding carboxylic acids is 1. The van der Waals surface area contributed by atoms with Gasteiger partial charge in [0.05, 0.1) is 19.8 Å². The number of aliphatic hydroxyl groups is 1. The Labute approximate surface area is 77.3 Å². The second-order valence-electron chi connectivity index (χ2n) is 4.13. The summed E-state index contributed by atoms with van der Waals surface area (Å²) in [7, 11) is 0. The lowest BCUT2D eigenvalue weighted by Crippen LogP contribution is -2.47. The van der Waals surface area contributed by atoms with Crippen LogP contribution >= 0.6 is 0 Å². The normalized spacial score (nSPS) is 31.2. The standard InChI is InChI=1S/C9H15NO3/c11-4-9(5-13-6-9)3-7-1-2-10-8(7)12/h7,11H,1-6H2,(H,10,12). The van der Waals surface area contributed by atoms with E-state index in [1.807, 2.05) is 0 Å². The summed E-state index contributed by atoms with van der Waals surface area (Å²) in [6.07, 6.45) is 1.68. The number of hydrogen-bond donors (Lipinski definition) is 2. The van der Waals surface area contributed by atoms with Crippen molar-refractivity contribution < 1.29 is 14.6 Å². The predicted molar refractivity (Wildman–Crippen MR) is 46.1 cm³/mol. The van der Waals surface area contributed by atoms with Crippen molar-refractivity contribution in [1.82, 2.24) is 5.32 Å². The van der Waals surface area contributed by atoms with Gasteiger partial charge in [-0.2, -0.15) is 0 Å². The predicted octanol–water partition coefficient (Wildman–Crippen LogP) is -0.479. The van der Waals surface area contributed by atoms with Crippen molar-refractivity contribution in [2.75, 3.05) is 26.4 Å². The Kier molecular flexibility index (Phi) is 2.26. The highest BCUT2D eigenvalue weighted by Gasteiger charge is 2.42. The molecule has 2 fully saturated rings. The minimum absolute atomic E-state index is 0.0936. The van der Waals surface area contributed by atoms with E-state index in [4.69, 9.17) is 4.74 Å². The van der Waals surface area contributed by atoms with E-state index in [2.05, 4.69) is 5.32 Å². The molecule has 0 spiro atoms. The maximum atomic E-state index is 11.3. The van der Waals surface area contributed by atoms with Gasteiger partial charge in [0.2, 0.25) is 5.91 Å². The van der Waals surface area contributed by atoms with Crippen LogP contribution in [0.4, 0.5) is 0 Å². The SMILES string of the molecule is O=C1NCCC1CC1(CO)COC1. The Morgan fingerprint density at radius 1 is 1.62 bits per heavy atom. The average molecular weight is 185 g/mol. The molecule has 4 heteroatoms. The molecule has 2 aliphatic heterocycles. The minimum Gasteiger partial charge on any atom is -0.396 e. The molecule has 0 radical (unpaired) electrons. The number of aliphatic hydroxyl groups excluding tert-OH is 1. The number of hydrogen-bond acceptors (Lipinski definition) is 3. The first-order chi connectivity index (χ1) is 6.26. The van der Waals surface area contributed by atoms with Crippen LogP contribution in [0.5, 0.6) is 0 Å². The largest absolute Gasteiger partial charge is 0.396 e. The lowest BCUT2D eigenvalue weighted by Gasteiger charge is -2.41. The summed E-state index contributed by atoms with van der Waals surface area (Å²) in [4.78, 5) is 11.3. The highest BCUT2D eigenvalue weighted by molar-refractivity contribution is 5.80. The van der Waals surface area contributed by atoms with E-state index in [-0.39, 0.29) is 23.8 Å². The number of amides is 1. The van der Waals surface area contributed by atoms with Crippen LogP contribution < -0.4 is 5.32 Å². The lowest BCUT2D eigenvalue weighted by atomic mass is 9.78. The molecule has 0 aromatic carbocycles. The first-order valence-electron chi connectivity index (χ1n) is 4.72. The van der Waals surface area contributed by atoms with Gasteiger partial charge >= 0.3 is 0 Å². The molecular formula is C9H15NO3. The Hall–Kier alpha value is -0.610. The van der Waals surface area contributed by atoms with Crippen molar-refractivity contribution in [2.24, 2.45) is 11.3 Å². The summed E-state index contributed by atoms with van der Waals surface area (Å²) in [6, 6.07) is 0. The molecule has 0 aliphatic carbocycles. The van der Waals surface area contributed by atoms with Crippen LogP contribution in [0.25, 0.3) is 0 Å². The Morgan fingerprint density at radius 2 is 2.38 bits per heavy atom. The summed E-state index contributed by atoms with van der Waals surface area (Å²) in [5, 5.41) is 12.0. The van der Waals surface area contributed by atoms with Gasteiger partial charge < -0.3 is 15.2 Å². The van der Waals surface area contributed by atoms with Gasteiger partial charge in [0.15, 0.2) is 0 Å². The second-order valence-corrected chi connectivity index (χ2v) is 4.13. The van der Waals surface area contributed by atoms with Gasteiger partial charge in [0.1, 0.15) is 0 Å². The smallest absolute Gasteiger partial charge is 0.223 e. The number of carbonyl (C=O) groups is 1. The van der Waals surface area contributed by atoms with E-state index in [9.17, 15) is 9.90 Å². The zero-order valence-corrected chi connectivity index (χ0v) is 7.58. The van der Waals surface area contributed by atoms with Crippen molar-refractivity contribution in [3.63, 3.8) is 0 Å². The molecule has 2 aliphatic rings. The molecule has 0 aromatic rings. The molecule has 2 rings (SSSR count). The molecule has 74 valence electrons. The molecule has 13 heavy (non-hydrogen) atoms. The monoisotopic (exact) mass is 185 g/mol. The summed E-state index contributed by atoms with van der Waals surface area (Å²) < 4.78 is 5.08. The zero-order valence-electron chi connectivity index (χ0n) is 7.58. The van der Waals surface area contributed by atoms with Gasteiger partial charge in [0, 0.05) is 17.9 Å². The third-order valence-corrected chi connectivity index (χ3v) is 2.99. The van der Waals surface area contributed by atoms with E-state index in [0.717, 1.165) is 19.4 Å².